The lowest BCUT2D eigenvalue weighted by Gasteiger charge is -2.27. The highest BCUT2D eigenvalue weighted by molar-refractivity contribution is 6.31. The maximum atomic E-state index is 13.1. The first-order chi connectivity index (χ1) is 16.5. The molecule has 0 saturated heterocycles. The van der Waals surface area contributed by atoms with E-state index in [0.29, 0.717) is 10.6 Å². The van der Waals surface area contributed by atoms with Gasteiger partial charge in [-0.2, -0.15) is 0 Å². The van der Waals surface area contributed by atoms with Crippen molar-refractivity contribution in [3.8, 4) is 11.5 Å². The average Bonchev–Trinajstić information content (AvgIpc) is 2.95. The van der Waals surface area contributed by atoms with E-state index in [1.54, 1.807) is 26.2 Å². The largest absolute Gasteiger partial charge is 0.493 e. The zero-order valence-electron chi connectivity index (χ0n) is 19.8. The van der Waals surface area contributed by atoms with Crippen LogP contribution in [-0.4, -0.2) is 46.8 Å². The fourth-order valence-corrected chi connectivity index (χ4v) is 4.47. The van der Waals surface area contributed by atoms with E-state index >= 15 is 0 Å². The molecule has 0 aliphatic carbocycles. The molecule has 1 amide bonds. The number of hydrogen-bond acceptors (Lipinski definition) is 5. The zero-order valence-corrected chi connectivity index (χ0v) is 20.6. The molecule has 0 spiro atoms. The number of fused-ring (bicyclic) bond motifs is 2. The summed E-state index contributed by atoms with van der Waals surface area (Å²) in [4.78, 5) is 17.0. The van der Waals surface area contributed by atoms with Crippen LogP contribution in [0.5, 0.6) is 11.5 Å². The summed E-state index contributed by atoms with van der Waals surface area (Å²) in [6, 6.07) is 19.5. The molecule has 0 radical (unpaired) electrons. The van der Waals surface area contributed by atoms with Gasteiger partial charge >= 0.3 is 0 Å². The van der Waals surface area contributed by atoms with Gasteiger partial charge in [-0.1, -0.05) is 29.8 Å². The fourth-order valence-electron chi connectivity index (χ4n) is 4.30. The van der Waals surface area contributed by atoms with Gasteiger partial charge in [0.15, 0.2) is 11.5 Å². The van der Waals surface area contributed by atoms with E-state index in [-0.39, 0.29) is 5.91 Å². The Morgan fingerprint density at radius 3 is 2.47 bits per heavy atom. The summed E-state index contributed by atoms with van der Waals surface area (Å²) in [6.07, 6.45) is 1.81. The van der Waals surface area contributed by atoms with Gasteiger partial charge < -0.3 is 24.6 Å². The monoisotopic (exact) mass is 479 g/mol. The van der Waals surface area contributed by atoms with Gasteiger partial charge in [0, 0.05) is 18.6 Å². The number of nitrogens with zero attached hydrogens (tertiary/aromatic N) is 2. The third kappa shape index (κ3) is 4.98. The van der Waals surface area contributed by atoms with Crippen LogP contribution in [0.4, 0.5) is 17.1 Å². The van der Waals surface area contributed by atoms with Crippen molar-refractivity contribution in [3.05, 3.63) is 76.8 Å². The van der Waals surface area contributed by atoms with Gasteiger partial charge in [-0.25, -0.2) is 0 Å². The smallest absolute Gasteiger partial charge is 0.260 e. The second-order valence-corrected chi connectivity index (χ2v) is 8.65. The maximum absolute atomic E-state index is 13.1. The lowest BCUT2D eigenvalue weighted by Crippen LogP contribution is -2.25. The summed E-state index contributed by atoms with van der Waals surface area (Å²) in [5.41, 5.74) is 4.61. The highest BCUT2D eigenvalue weighted by atomic mass is 35.5. The minimum Gasteiger partial charge on any atom is -0.493 e. The minimum absolute atomic E-state index is 0.0327. The molecule has 0 atom stereocenters. The van der Waals surface area contributed by atoms with Crippen LogP contribution in [0, 0.1) is 0 Å². The first-order valence-electron chi connectivity index (χ1n) is 11.4. The molecular formula is C27H30ClN3O3. The molecule has 1 aliphatic heterocycles. The number of halogens is 1. The second-order valence-electron chi connectivity index (χ2n) is 8.21. The molecule has 1 heterocycles. The summed E-state index contributed by atoms with van der Waals surface area (Å²) in [7, 11) is 5.09. The van der Waals surface area contributed by atoms with Gasteiger partial charge in [-0.05, 0) is 74.0 Å². The Morgan fingerprint density at radius 2 is 1.68 bits per heavy atom. The highest BCUT2D eigenvalue weighted by Crippen LogP contribution is 2.41. The van der Waals surface area contributed by atoms with Gasteiger partial charge in [-0.15, -0.1) is 0 Å². The number of carbonyl (C=O) groups excluding carboxylic acids is 1. The number of benzene rings is 3. The van der Waals surface area contributed by atoms with Crippen LogP contribution < -0.4 is 24.6 Å². The van der Waals surface area contributed by atoms with Crippen molar-refractivity contribution in [2.45, 2.75) is 12.8 Å². The van der Waals surface area contributed by atoms with Crippen LogP contribution in [0.15, 0.2) is 60.7 Å². The number of amides is 1. The molecule has 3 aromatic rings. The Kier molecular flexibility index (Phi) is 7.60. The Morgan fingerprint density at radius 1 is 0.882 bits per heavy atom. The molecule has 3 aromatic carbocycles. The molecule has 0 bridgehead atoms. The van der Waals surface area contributed by atoms with E-state index in [9.17, 15) is 4.79 Å². The second kappa shape index (κ2) is 10.8. The first-order valence-corrected chi connectivity index (χ1v) is 11.8. The summed E-state index contributed by atoms with van der Waals surface area (Å²) < 4.78 is 10.7. The van der Waals surface area contributed by atoms with E-state index in [1.807, 2.05) is 54.6 Å². The van der Waals surface area contributed by atoms with E-state index in [1.165, 1.54) is 5.56 Å². The van der Waals surface area contributed by atoms with Crippen LogP contribution in [0.1, 0.15) is 22.3 Å². The van der Waals surface area contributed by atoms with Gasteiger partial charge in [0.1, 0.15) is 0 Å². The number of para-hydroxylation sites is 1. The summed E-state index contributed by atoms with van der Waals surface area (Å²) in [5, 5.41) is 4.14. The van der Waals surface area contributed by atoms with E-state index in [0.717, 1.165) is 61.0 Å². The average molecular weight is 480 g/mol. The topological polar surface area (TPSA) is 54.0 Å². The van der Waals surface area contributed by atoms with Crippen LogP contribution in [-0.2, 0) is 6.42 Å². The Labute approximate surface area is 206 Å². The molecule has 1 N–H and O–H groups in total. The van der Waals surface area contributed by atoms with Crippen LogP contribution >= 0.6 is 11.6 Å². The highest BCUT2D eigenvalue weighted by Gasteiger charge is 2.28. The van der Waals surface area contributed by atoms with Crippen molar-refractivity contribution < 1.29 is 14.3 Å². The molecule has 0 aromatic heterocycles. The molecule has 0 unspecified atom stereocenters. The number of nitrogens with one attached hydrogen (secondary N) is 1. The first kappa shape index (κ1) is 23.9. The van der Waals surface area contributed by atoms with Gasteiger partial charge in [0.05, 0.1) is 36.8 Å². The number of anilines is 3. The SMILES string of the molecule is COc1ccc(CCNCCCN2c3ccccc3C(=O)N(C)c3cc(Cl)ccc32)cc1OC. The molecule has 7 heteroatoms. The van der Waals surface area contributed by atoms with Crippen molar-refractivity contribution in [1.82, 2.24) is 5.32 Å². The maximum Gasteiger partial charge on any atom is 0.260 e. The number of hydrogen-bond donors (Lipinski definition) is 1. The van der Waals surface area contributed by atoms with Crippen LogP contribution in [0.2, 0.25) is 5.02 Å². The summed E-state index contributed by atoms with van der Waals surface area (Å²) in [5.74, 6) is 1.45. The predicted molar refractivity (Wildman–Crippen MR) is 138 cm³/mol. The van der Waals surface area contributed by atoms with Crippen molar-refractivity contribution >= 4 is 34.6 Å². The molecule has 0 fully saturated rings. The van der Waals surface area contributed by atoms with Crippen molar-refractivity contribution in [1.29, 1.82) is 0 Å². The third-order valence-corrected chi connectivity index (χ3v) is 6.33. The molecule has 1 aliphatic rings. The Balaban J connectivity index is 1.41. The van der Waals surface area contributed by atoms with Gasteiger partial charge in [0.2, 0.25) is 0 Å². The van der Waals surface area contributed by atoms with E-state index in [2.05, 4.69) is 16.3 Å². The van der Waals surface area contributed by atoms with Gasteiger partial charge in [-0.3, -0.25) is 4.79 Å². The predicted octanol–water partition coefficient (Wildman–Crippen LogP) is 5.31. The molecule has 6 nitrogen and oxygen atoms in total. The fraction of sp³-hybridized carbons (Fsp3) is 0.296. The zero-order chi connectivity index (χ0) is 24.1. The Bertz CT molecular complexity index is 1170. The number of rotatable bonds is 9. The summed E-state index contributed by atoms with van der Waals surface area (Å²) in [6.45, 7) is 2.49. The van der Waals surface area contributed by atoms with Crippen molar-refractivity contribution in [2.75, 3.05) is 50.7 Å². The molecule has 4 rings (SSSR count). The van der Waals surface area contributed by atoms with E-state index < -0.39 is 0 Å². The molecule has 178 valence electrons. The van der Waals surface area contributed by atoms with Crippen molar-refractivity contribution in [3.63, 3.8) is 0 Å². The number of carbonyl (C=O) groups is 1. The van der Waals surface area contributed by atoms with Crippen LogP contribution in [0.25, 0.3) is 0 Å². The molecule has 34 heavy (non-hydrogen) atoms. The van der Waals surface area contributed by atoms with Gasteiger partial charge in [0.25, 0.3) is 5.91 Å². The Hall–Kier alpha value is -3.22. The summed E-state index contributed by atoms with van der Waals surface area (Å²) >= 11 is 6.27. The lowest BCUT2D eigenvalue weighted by atomic mass is 10.1. The number of methoxy groups -OCH3 is 2. The number of ether oxygens (including phenoxy) is 2. The van der Waals surface area contributed by atoms with E-state index in [4.69, 9.17) is 21.1 Å². The third-order valence-electron chi connectivity index (χ3n) is 6.09. The quantitative estimate of drug-likeness (QED) is 0.422. The minimum atomic E-state index is -0.0327. The van der Waals surface area contributed by atoms with Crippen molar-refractivity contribution in [2.24, 2.45) is 0 Å². The van der Waals surface area contributed by atoms with Crippen LogP contribution in [0.3, 0.4) is 0 Å². The molecule has 0 saturated carbocycles. The lowest BCUT2D eigenvalue weighted by molar-refractivity contribution is 0.0994. The normalized spacial score (nSPS) is 12.8. The molecular weight excluding hydrogens is 450 g/mol. The standard InChI is InChI=1S/C27H30ClN3O3/c1-30-24-18-20(28)10-11-23(24)31(22-8-5-4-7-21(22)27(30)32)16-6-14-29-15-13-19-9-12-25(33-2)26(17-19)34-3/h4-5,7-12,17-18,29H,6,13-16H2,1-3H3.